The lowest BCUT2D eigenvalue weighted by Crippen LogP contribution is -2.22. The summed E-state index contributed by atoms with van der Waals surface area (Å²) in [5.74, 6) is 0. The third kappa shape index (κ3) is 1.87. The van der Waals surface area contributed by atoms with E-state index in [0.29, 0.717) is 19.8 Å². The highest BCUT2D eigenvalue weighted by atomic mass is 16.5. The fourth-order valence-corrected chi connectivity index (χ4v) is 1.54. The van der Waals surface area contributed by atoms with Crippen molar-refractivity contribution in [3.8, 4) is 0 Å². The highest BCUT2D eigenvalue weighted by Crippen LogP contribution is 2.21. The van der Waals surface area contributed by atoms with Gasteiger partial charge in [-0.15, -0.1) is 0 Å². The van der Waals surface area contributed by atoms with Crippen molar-refractivity contribution in [3.05, 3.63) is 29.3 Å². The first-order chi connectivity index (χ1) is 6.79. The number of fused-ring (bicyclic) bond motifs is 1. The normalized spacial score (nSPS) is 20.9. The van der Waals surface area contributed by atoms with Crippen LogP contribution in [0.1, 0.15) is 11.1 Å². The first-order valence-electron chi connectivity index (χ1n) is 4.64. The smallest absolute Gasteiger partial charge is 0.148 e. The Morgan fingerprint density at radius 1 is 1.57 bits per heavy atom. The number of ether oxygens (including phenoxy) is 1. The Morgan fingerprint density at radius 3 is 3.21 bits per heavy atom. The highest BCUT2D eigenvalue weighted by molar-refractivity contribution is 5.53. The Bertz CT molecular complexity index is 328. The Hall–Kier alpha value is -1.10. The van der Waals surface area contributed by atoms with E-state index >= 15 is 0 Å². The van der Waals surface area contributed by atoms with Crippen molar-refractivity contribution >= 4 is 5.69 Å². The summed E-state index contributed by atoms with van der Waals surface area (Å²) in [5, 5.41) is 12.4. The van der Waals surface area contributed by atoms with Gasteiger partial charge in [0.05, 0.1) is 13.2 Å². The zero-order valence-electron chi connectivity index (χ0n) is 7.86. The second-order valence-corrected chi connectivity index (χ2v) is 3.37. The molecule has 1 aliphatic heterocycles. The summed E-state index contributed by atoms with van der Waals surface area (Å²) in [4.78, 5) is 0. The number of nitrogens with one attached hydrogen (secondary N) is 1. The molecule has 1 atom stereocenters. The SMILES string of the molecule is NCc1ccc2c(c1)COCC(O)N2. The van der Waals surface area contributed by atoms with E-state index in [2.05, 4.69) is 5.32 Å². The predicted octanol–water partition coefficient (Wildman–Crippen LogP) is 0.406. The van der Waals surface area contributed by atoms with Crippen LogP contribution >= 0.6 is 0 Å². The van der Waals surface area contributed by atoms with Gasteiger partial charge in [-0.2, -0.15) is 0 Å². The van der Waals surface area contributed by atoms with Crippen molar-refractivity contribution < 1.29 is 9.84 Å². The summed E-state index contributed by atoms with van der Waals surface area (Å²) < 4.78 is 5.28. The maximum absolute atomic E-state index is 9.40. The highest BCUT2D eigenvalue weighted by Gasteiger charge is 2.13. The van der Waals surface area contributed by atoms with E-state index in [1.807, 2.05) is 18.2 Å². The van der Waals surface area contributed by atoms with Gasteiger partial charge < -0.3 is 20.9 Å². The number of aliphatic hydroxyl groups is 1. The Morgan fingerprint density at radius 2 is 2.43 bits per heavy atom. The number of anilines is 1. The molecule has 0 saturated carbocycles. The van der Waals surface area contributed by atoms with E-state index < -0.39 is 6.23 Å². The minimum atomic E-state index is -0.625. The first kappa shape index (κ1) is 9.45. The number of rotatable bonds is 1. The molecule has 14 heavy (non-hydrogen) atoms. The van der Waals surface area contributed by atoms with Gasteiger partial charge >= 0.3 is 0 Å². The third-order valence-electron chi connectivity index (χ3n) is 2.26. The molecule has 4 N–H and O–H groups in total. The molecule has 0 radical (unpaired) electrons. The van der Waals surface area contributed by atoms with Crippen LogP contribution in [0, 0.1) is 0 Å². The van der Waals surface area contributed by atoms with Crippen LogP contribution in [0.5, 0.6) is 0 Å². The maximum atomic E-state index is 9.40. The quantitative estimate of drug-likeness (QED) is 0.605. The summed E-state index contributed by atoms with van der Waals surface area (Å²) in [6.45, 7) is 1.36. The Labute approximate surface area is 82.7 Å². The van der Waals surface area contributed by atoms with Crippen molar-refractivity contribution in [3.63, 3.8) is 0 Å². The van der Waals surface area contributed by atoms with Gasteiger partial charge in [-0.3, -0.25) is 0 Å². The van der Waals surface area contributed by atoms with Crippen LogP contribution in [0.2, 0.25) is 0 Å². The predicted molar refractivity (Wildman–Crippen MR) is 53.6 cm³/mol. The summed E-state index contributed by atoms with van der Waals surface area (Å²) in [7, 11) is 0. The molecule has 1 aliphatic rings. The molecule has 0 amide bonds. The summed E-state index contributed by atoms with van der Waals surface area (Å²) in [6.07, 6.45) is -0.625. The molecule has 0 saturated heterocycles. The largest absolute Gasteiger partial charge is 0.372 e. The molecule has 1 aromatic carbocycles. The molecule has 4 heteroatoms. The van der Waals surface area contributed by atoms with E-state index in [1.165, 1.54) is 0 Å². The van der Waals surface area contributed by atoms with Gasteiger partial charge in [0.1, 0.15) is 6.23 Å². The first-order valence-corrected chi connectivity index (χ1v) is 4.64. The maximum Gasteiger partial charge on any atom is 0.148 e. The number of benzene rings is 1. The molecule has 4 nitrogen and oxygen atoms in total. The number of hydrogen-bond acceptors (Lipinski definition) is 4. The van der Waals surface area contributed by atoms with Crippen LogP contribution in [0.15, 0.2) is 18.2 Å². The van der Waals surface area contributed by atoms with Crippen LogP contribution in [0.25, 0.3) is 0 Å². The molecule has 0 fully saturated rings. The molecule has 1 heterocycles. The summed E-state index contributed by atoms with van der Waals surface area (Å²) in [6, 6.07) is 5.87. The summed E-state index contributed by atoms with van der Waals surface area (Å²) in [5.41, 5.74) is 8.58. The van der Waals surface area contributed by atoms with E-state index in [9.17, 15) is 5.11 Å². The van der Waals surface area contributed by atoms with Crippen molar-refractivity contribution in [1.29, 1.82) is 0 Å². The molecule has 76 valence electrons. The number of nitrogens with two attached hydrogens (primary N) is 1. The van der Waals surface area contributed by atoms with Gasteiger partial charge in [0.25, 0.3) is 0 Å². The van der Waals surface area contributed by atoms with Gasteiger partial charge in [-0.1, -0.05) is 12.1 Å². The van der Waals surface area contributed by atoms with Crippen molar-refractivity contribution in [2.24, 2.45) is 5.73 Å². The lowest BCUT2D eigenvalue weighted by Gasteiger charge is -2.11. The lowest BCUT2D eigenvalue weighted by atomic mass is 10.1. The molecule has 0 spiro atoms. The zero-order valence-corrected chi connectivity index (χ0v) is 7.86. The van der Waals surface area contributed by atoms with Crippen LogP contribution in [-0.2, 0) is 17.9 Å². The monoisotopic (exact) mass is 194 g/mol. The van der Waals surface area contributed by atoms with Gasteiger partial charge in [0.2, 0.25) is 0 Å². The molecule has 1 aromatic rings. The van der Waals surface area contributed by atoms with Crippen LogP contribution in [0.3, 0.4) is 0 Å². The van der Waals surface area contributed by atoms with Gasteiger partial charge in [-0.25, -0.2) is 0 Å². The van der Waals surface area contributed by atoms with E-state index in [4.69, 9.17) is 10.5 Å². The second kappa shape index (κ2) is 3.96. The molecular formula is C10H14N2O2. The molecule has 0 aliphatic carbocycles. The average Bonchev–Trinajstić information content (AvgIpc) is 2.37. The van der Waals surface area contributed by atoms with E-state index in [1.54, 1.807) is 0 Å². The lowest BCUT2D eigenvalue weighted by molar-refractivity contribution is 0.0476. The van der Waals surface area contributed by atoms with Crippen LogP contribution in [0.4, 0.5) is 5.69 Å². The Balaban J connectivity index is 2.31. The van der Waals surface area contributed by atoms with Gasteiger partial charge in [0, 0.05) is 17.8 Å². The minimum Gasteiger partial charge on any atom is -0.372 e. The Kier molecular flexibility index (Phi) is 2.67. The fourth-order valence-electron chi connectivity index (χ4n) is 1.54. The molecule has 1 unspecified atom stereocenters. The molecule has 0 bridgehead atoms. The van der Waals surface area contributed by atoms with Crippen LogP contribution < -0.4 is 11.1 Å². The van der Waals surface area contributed by atoms with Crippen molar-refractivity contribution in [1.82, 2.24) is 0 Å². The van der Waals surface area contributed by atoms with Crippen molar-refractivity contribution in [2.45, 2.75) is 19.4 Å². The van der Waals surface area contributed by atoms with Gasteiger partial charge in [-0.05, 0) is 11.6 Å². The number of aliphatic hydroxyl groups excluding tert-OH is 1. The van der Waals surface area contributed by atoms with E-state index in [0.717, 1.165) is 16.8 Å². The van der Waals surface area contributed by atoms with Crippen molar-refractivity contribution in [2.75, 3.05) is 11.9 Å². The molecular weight excluding hydrogens is 180 g/mol. The number of hydrogen-bond donors (Lipinski definition) is 3. The van der Waals surface area contributed by atoms with E-state index in [-0.39, 0.29) is 0 Å². The average molecular weight is 194 g/mol. The fraction of sp³-hybridized carbons (Fsp3) is 0.400. The second-order valence-electron chi connectivity index (χ2n) is 3.37. The van der Waals surface area contributed by atoms with Gasteiger partial charge in [0.15, 0.2) is 0 Å². The topological polar surface area (TPSA) is 67.5 Å². The van der Waals surface area contributed by atoms with Crippen LogP contribution in [-0.4, -0.2) is 17.9 Å². The molecule has 2 rings (SSSR count). The minimum absolute atomic E-state index is 0.312. The molecule has 0 aromatic heterocycles. The summed E-state index contributed by atoms with van der Waals surface area (Å²) >= 11 is 0. The third-order valence-corrected chi connectivity index (χ3v) is 2.26. The zero-order chi connectivity index (χ0) is 9.97. The standard InChI is InChI=1S/C10H14N2O2/c11-4-7-1-2-9-8(3-7)5-14-6-10(13)12-9/h1-3,10,12-13H,4-6,11H2.